The van der Waals surface area contributed by atoms with E-state index >= 15 is 0 Å². The topological polar surface area (TPSA) is 28.3 Å². The van der Waals surface area contributed by atoms with Crippen LogP contribution < -0.4 is 4.74 Å². The summed E-state index contributed by atoms with van der Waals surface area (Å²) in [7, 11) is 1.49. The van der Waals surface area contributed by atoms with Gasteiger partial charge in [0.1, 0.15) is 0 Å². The normalized spacial score (nSPS) is 11.2. The van der Waals surface area contributed by atoms with Crippen LogP contribution in [0.25, 0.3) is 10.9 Å². The van der Waals surface area contributed by atoms with E-state index in [1.807, 2.05) is 18.3 Å². The van der Waals surface area contributed by atoms with Gasteiger partial charge in [0.2, 0.25) is 0 Å². The van der Waals surface area contributed by atoms with Crippen molar-refractivity contribution >= 4 is 10.9 Å². The minimum atomic E-state index is -0.281. The summed E-state index contributed by atoms with van der Waals surface area (Å²) in [5, 5.41) is 0.643. The van der Waals surface area contributed by atoms with Gasteiger partial charge in [0.15, 0.2) is 11.6 Å². The summed E-state index contributed by atoms with van der Waals surface area (Å²) in [5.41, 5.74) is 1.81. The molecule has 0 amide bonds. The number of hydrogen-bond acceptors (Lipinski definition) is 2. The van der Waals surface area contributed by atoms with E-state index in [2.05, 4.69) is 23.4 Å². The molecule has 1 heterocycles. The number of methoxy groups -OCH3 is 1. The fraction of sp³-hybridized carbons (Fsp3) is 0.412. The van der Waals surface area contributed by atoms with E-state index in [4.69, 9.17) is 4.74 Å². The summed E-state index contributed by atoms with van der Waals surface area (Å²) in [6.07, 6.45) is 5.71. The zero-order chi connectivity index (χ0) is 15.2. The predicted molar refractivity (Wildman–Crippen MR) is 85.4 cm³/mol. The number of fused-ring (bicyclic) bond motifs is 1. The molecule has 0 atom stereocenters. The van der Waals surface area contributed by atoms with Crippen LogP contribution in [0.1, 0.15) is 18.9 Å². The van der Waals surface area contributed by atoms with Crippen LogP contribution in [-0.4, -0.2) is 36.6 Å². The van der Waals surface area contributed by atoms with Crippen molar-refractivity contribution in [2.75, 3.05) is 26.7 Å². The summed E-state index contributed by atoms with van der Waals surface area (Å²) in [4.78, 5) is 5.46. The number of nitrogens with zero attached hydrogens (tertiary/aromatic N) is 1. The second-order valence-electron chi connectivity index (χ2n) is 5.16. The number of H-pyrrole nitrogens is 1. The monoisotopic (exact) mass is 290 g/mol. The first-order valence-corrected chi connectivity index (χ1v) is 7.37. The zero-order valence-corrected chi connectivity index (χ0v) is 12.8. The number of hydrogen-bond donors (Lipinski definition) is 1. The Morgan fingerprint density at radius 2 is 2.19 bits per heavy atom. The molecule has 0 fully saturated rings. The van der Waals surface area contributed by atoms with Crippen LogP contribution in [0.15, 0.2) is 31.0 Å². The van der Waals surface area contributed by atoms with Gasteiger partial charge in [-0.3, -0.25) is 4.90 Å². The summed E-state index contributed by atoms with van der Waals surface area (Å²) in [6, 6.07) is 3.51. The highest BCUT2D eigenvalue weighted by Crippen LogP contribution is 2.28. The lowest BCUT2D eigenvalue weighted by Crippen LogP contribution is -2.27. The smallest absolute Gasteiger partial charge is 0.174 e. The second kappa shape index (κ2) is 7.27. The standard InChI is InChI=1S/C17H23FN2O/c1-4-9-20(10-5-2)11-8-13-12-19-14-6-7-15(21-3)17(18)16(13)14/h4,6-7,12,19H,1,5,8-11H2,2-3H3. The maximum Gasteiger partial charge on any atom is 0.174 e. The van der Waals surface area contributed by atoms with Crippen LogP contribution in [0, 0.1) is 5.82 Å². The number of nitrogens with one attached hydrogen (secondary N) is 1. The van der Waals surface area contributed by atoms with E-state index in [9.17, 15) is 4.39 Å². The molecule has 0 bridgehead atoms. The van der Waals surface area contributed by atoms with Crippen LogP contribution in [0.3, 0.4) is 0 Å². The lowest BCUT2D eigenvalue weighted by molar-refractivity contribution is 0.307. The van der Waals surface area contributed by atoms with Crippen molar-refractivity contribution in [3.8, 4) is 5.75 Å². The van der Waals surface area contributed by atoms with Gasteiger partial charge in [-0.15, -0.1) is 6.58 Å². The first-order valence-electron chi connectivity index (χ1n) is 7.37. The van der Waals surface area contributed by atoms with Gasteiger partial charge in [0.05, 0.1) is 7.11 Å². The molecule has 21 heavy (non-hydrogen) atoms. The molecule has 2 aromatic rings. The summed E-state index contributed by atoms with van der Waals surface area (Å²) < 4.78 is 19.5. The maximum absolute atomic E-state index is 14.4. The number of benzene rings is 1. The molecule has 0 aliphatic heterocycles. The highest BCUT2D eigenvalue weighted by Gasteiger charge is 2.14. The molecule has 3 nitrogen and oxygen atoms in total. The van der Waals surface area contributed by atoms with Crippen LogP contribution >= 0.6 is 0 Å². The fourth-order valence-corrected chi connectivity index (χ4v) is 2.65. The van der Waals surface area contributed by atoms with E-state index in [0.29, 0.717) is 11.1 Å². The molecule has 2 rings (SSSR count). The Balaban J connectivity index is 2.20. The van der Waals surface area contributed by atoms with E-state index in [1.165, 1.54) is 7.11 Å². The first kappa shape index (κ1) is 15.6. The molecule has 0 spiro atoms. The van der Waals surface area contributed by atoms with Gasteiger partial charge in [-0.2, -0.15) is 0 Å². The van der Waals surface area contributed by atoms with Crippen molar-refractivity contribution < 1.29 is 9.13 Å². The molecular formula is C17H23FN2O. The largest absolute Gasteiger partial charge is 0.494 e. The molecule has 0 aliphatic rings. The van der Waals surface area contributed by atoms with Gasteiger partial charge in [-0.1, -0.05) is 13.0 Å². The molecule has 4 heteroatoms. The van der Waals surface area contributed by atoms with Crippen molar-refractivity contribution in [2.45, 2.75) is 19.8 Å². The van der Waals surface area contributed by atoms with E-state index in [0.717, 1.165) is 43.6 Å². The van der Waals surface area contributed by atoms with Crippen molar-refractivity contribution in [3.63, 3.8) is 0 Å². The third kappa shape index (κ3) is 3.45. The minimum Gasteiger partial charge on any atom is -0.494 e. The van der Waals surface area contributed by atoms with Crippen molar-refractivity contribution in [3.05, 3.63) is 42.4 Å². The lowest BCUT2D eigenvalue weighted by Gasteiger charge is -2.19. The molecule has 1 aromatic heterocycles. The Morgan fingerprint density at radius 1 is 1.38 bits per heavy atom. The van der Waals surface area contributed by atoms with E-state index in [1.54, 1.807) is 6.07 Å². The molecule has 1 aromatic carbocycles. The van der Waals surface area contributed by atoms with Crippen molar-refractivity contribution in [1.29, 1.82) is 0 Å². The van der Waals surface area contributed by atoms with Crippen molar-refractivity contribution in [1.82, 2.24) is 9.88 Å². The van der Waals surface area contributed by atoms with Gasteiger partial charge >= 0.3 is 0 Å². The molecule has 0 aliphatic carbocycles. The zero-order valence-electron chi connectivity index (χ0n) is 12.8. The molecule has 0 saturated carbocycles. The number of halogens is 1. The quantitative estimate of drug-likeness (QED) is 0.750. The van der Waals surface area contributed by atoms with Gasteiger partial charge in [-0.05, 0) is 37.1 Å². The molecule has 114 valence electrons. The SMILES string of the molecule is C=CCN(CCC)CCc1c[nH]c2ccc(OC)c(F)c12. The summed E-state index contributed by atoms with van der Waals surface area (Å²) >= 11 is 0. The average Bonchev–Trinajstić information content (AvgIpc) is 2.90. The third-order valence-electron chi connectivity index (χ3n) is 3.67. The van der Waals surface area contributed by atoms with Crippen molar-refractivity contribution in [2.24, 2.45) is 0 Å². The van der Waals surface area contributed by atoms with Crippen LogP contribution in [0.5, 0.6) is 5.75 Å². The molecule has 0 unspecified atom stereocenters. The Kier molecular flexibility index (Phi) is 5.39. The maximum atomic E-state index is 14.4. The Bertz CT molecular complexity index is 606. The number of ether oxygens (including phenoxy) is 1. The Morgan fingerprint density at radius 3 is 2.86 bits per heavy atom. The molecule has 1 N–H and O–H groups in total. The highest BCUT2D eigenvalue weighted by atomic mass is 19.1. The van der Waals surface area contributed by atoms with Gasteiger partial charge < -0.3 is 9.72 Å². The molecule has 0 saturated heterocycles. The predicted octanol–water partition coefficient (Wildman–Crippen LogP) is 3.76. The second-order valence-corrected chi connectivity index (χ2v) is 5.16. The first-order chi connectivity index (χ1) is 10.2. The summed E-state index contributed by atoms with van der Waals surface area (Å²) in [6.45, 7) is 8.73. The summed E-state index contributed by atoms with van der Waals surface area (Å²) in [5.74, 6) is 0.0110. The van der Waals surface area contributed by atoms with E-state index in [-0.39, 0.29) is 5.82 Å². The van der Waals surface area contributed by atoms with Gasteiger partial charge in [0, 0.05) is 30.2 Å². The Hall–Kier alpha value is -1.81. The molecule has 0 radical (unpaired) electrons. The minimum absolute atomic E-state index is 0.281. The Labute approximate surface area is 125 Å². The fourth-order valence-electron chi connectivity index (χ4n) is 2.65. The third-order valence-corrected chi connectivity index (χ3v) is 3.67. The highest BCUT2D eigenvalue weighted by molar-refractivity contribution is 5.85. The molecular weight excluding hydrogens is 267 g/mol. The number of aromatic amines is 1. The van der Waals surface area contributed by atoms with Crippen LogP contribution in [-0.2, 0) is 6.42 Å². The lowest BCUT2D eigenvalue weighted by atomic mass is 10.1. The van der Waals surface area contributed by atoms with E-state index < -0.39 is 0 Å². The van der Waals surface area contributed by atoms with Crippen LogP contribution in [0.2, 0.25) is 0 Å². The van der Waals surface area contributed by atoms with Gasteiger partial charge in [0.25, 0.3) is 0 Å². The van der Waals surface area contributed by atoms with Crippen LogP contribution in [0.4, 0.5) is 4.39 Å². The average molecular weight is 290 g/mol. The van der Waals surface area contributed by atoms with Gasteiger partial charge in [-0.25, -0.2) is 4.39 Å². The number of rotatable bonds is 8. The number of aromatic nitrogens is 1.